The second-order valence-electron chi connectivity index (χ2n) is 3.93. The normalized spacial score (nSPS) is 11.9. The maximum absolute atomic E-state index is 11.4. The molecule has 1 rings (SSSR count). The summed E-state index contributed by atoms with van der Waals surface area (Å²) in [5.41, 5.74) is 0.881. The van der Waals surface area contributed by atoms with E-state index >= 15 is 0 Å². The number of carbonyl (C=O) groups is 1. The van der Waals surface area contributed by atoms with Crippen molar-refractivity contribution < 1.29 is 14.3 Å². The third-order valence-electron chi connectivity index (χ3n) is 2.52. The molecule has 3 nitrogen and oxygen atoms in total. The molecule has 0 saturated heterocycles. The van der Waals surface area contributed by atoms with Gasteiger partial charge in [-0.15, -0.1) is 0 Å². The van der Waals surface area contributed by atoms with Gasteiger partial charge in [-0.1, -0.05) is 25.1 Å². The molecule has 0 aliphatic heterocycles. The van der Waals surface area contributed by atoms with Crippen molar-refractivity contribution in [2.75, 3.05) is 6.61 Å². The van der Waals surface area contributed by atoms with Crippen molar-refractivity contribution in [2.24, 2.45) is 0 Å². The molecule has 17 heavy (non-hydrogen) atoms. The Labute approximate surface area is 103 Å². The van der Waals surface area contributed by atoms with Gasteiger partial charge in [0.25, 0.3) is 0 Å². The zero-order valence-electron chi connectivity index (χ0n) is 10.7. The third-order valence-corrected chi connectivity index (χ3v) is 2.52. The minimum Gasteiger partial charge on any atom is -0.490 e. The highest BCUT2D eigenvalue weighted by Gasteiger charge is 2.10. The van der Waals surface area contributed by atoms with Crippen molar-refractivity contribution in [3.8, 4) is 5.75 Å². The summed E-state index contributed by atoms with van der Waals surface area (Å²) in [6.45, 7) is 6.30. The summed E-state index contributed by atoms with van der Waals surface area (Å²) < 4.78 is 10.7. The Morgan fingerprint density at radius 3 is 2.65 bits per heavy atom. The number of carbonyl (C=O) groups excluding carboxylic acids is 1. The number of hydrogen-bond donors (Lipinski definition) is 0. The van der Waals surface area contributed by atoms with E-state index in [-0.39, 0.29) is 18.5 Å². The summed E-state index contributed by atoms with van der Waals surface area (Å²) in [5, 5.41) is 0. The molecular weight excluding hydrogens is 216 g/mol. The van der Waals surface area contributed by atoms with E-state index in [1.165, 1.54) is 0 Å². The predicted octanol–water partition coefficient (Wildman–Crippen LogP) is 2.97. The van der Waals surface area contributed by atoms with E-state index < -0.39 is 0 Å². The first kappa shape index (κ1) is 13.6. The van der Waals surface area contributed by atoms with Crippen molar-refractivity contribution in [1.82, 2.24) is 0 Å². The van der Waals surface area contributed by atoms with Crippen LogP contribution in [-0.4, -0.2) is 18.7 Å². The summed E-state index contributed by atoms with van der Waals surface area (Å²) in [4.78, 5) is 11.4. The zero-order chi connectivity index (χ0) is 12.7. The number of ether oxygens (including phenoxy) is 2. The lowest BCUT2D eigenvalue weighted by Crippen LogP contribution is -2.13. The van der Waals surface area contributed by atoms with Gasteiger partial charge < -0.3 is 9.47 Å². The molecule has 94 valence electrons. The minimum atomic E-state index is -0.215. The second-order valence-corrected chi connectivity index (χ2v) is 3.93. The van der Waals surface area contributed by atoms with Gasteiger partial charge in [0.2, 0.25) is 0 Å². The molecule has 0 amide bonds. The van der Waals surface area contributed by atoms with Crippen LogP contribution in [0.4, 0.5) is 0 Å². The van der Waals surface area contributed by atoms with E-state index in [9.17, 15) is 4.79 Å². The quantitative estimate of drug-likeness (QED) is 0.712. The van der Waals surface area contributed by atoms with Crippen LogP contribution in [0.2, 0.25) is 0 Å². The van der Waals surface area contributed by atoms with Crippen LogP contribution < -0.4 is 4.74 Å². The third kappa shape index (κ3) is 4.47. The predicted molar refractivity (Wildman–Crippen MR) is 67.2 cm³/mol. The molecule has 0 aliphatic carbocycles. The highest BCUT2D eigenvalue weighted by atomic mass is 16.5. The van der Waals surface area contributed by atoms with Crippen molar-refractivity contribution in [1.29, 1.82) is 0 Å². The summed E-state index contributed by atoms with van der Waals surface area (Å²) in [6, 6.07) is 7.60. The molecule has 0 aliphatic rings. The Morgan fingerprint density at radius 2 is 2.00 bits per heavy atom. The van der Waals surface area contributed by atoms with Crippen LogP contribution in [0.3, 0.4) is 0 Å². The van der Waals surface area contributed by atoms with Crippen molar-refractivity contribution in [3.05, 3.63) is 29.8 Å². The number of rotatable bonds is 6. The second kappa shape index (κ2) is 6.94. The standard InChI is InChI=1S/C14H20O3/c1-4-11(3)17-13-9-7-6-8-12(13)10-14(15)16-5-2/h6-9,11H,4-5,10H2,1-3H3. The molecule has 1 aromatic carbocycles. The first-order valence-corrected chi connectivity index (χ1v) is 6.07. The molecule has 0 radical (unpaired) electrons. The van der Waals surface area contributed by atoms with E-state index in [4.69, 9.17) is 9.47 Å². The van der Waals surface area contributed by atoms with E-state index in [1.807, 2.05) is 31.2 Å². The van der Waals surface area contributed by atoms with Crippen molar-refractivity contribution in [3.63, 3.8) is 0 Å². The number of esters is 1. The van der Waals surface area contributed by atoms with Crippen LogP contribution >= 0.6 is 0 Å². The molecule has 0 fully saturated rings. The van der Waals surface area contributed by atoms with Crippen molar-refractivity contribution >= 4 is 5.97 Å². The number of hydrogen-bond acceptors (Lipinski definition) is 3. The van der Waals surface area contributed by atoms with Crippen molar-refractivity contribution in [2.45, 2.75) is 39.7 Å². The van der Waals surface area contributed by atoms with E-state index in [0.717, 1.165) is 17.7 Å². The smallest absolute Gasteiger partial charge is 0.310 e. The van der Waals surface area contributed by atoms with Crippen LogP contribution in [0.5, 0.6) is 5.75 Å². The molecule has 0 heterocycles. The zero-order valence-corrected chi connectivity index (χ0v) is 10.7. The molecule has 0 aromatic heterocycles. The Bertz CT molecular complexity index is 360. The molecular formula is C14H20O3. The fourth-order valence-corrected chi connectivity index (χ4v) is 1.43. The van der Waals surface area contributed by atoms with E-state index in [1.54, 1.807) is 6.92 Å². The highest BCUT2D eigenvalue weighted by molar-refractivity contribution is 5.73. The van der Waals surface area contributed by atoms with Gasteiger partial charge in [0.1, 0.15) is 5.75 Å². The lowest BCUT2D eigenvalue weighted by Gasteiger charge is -2.15. The van der Waals surface area contributed by atoms with Crippen LogP contribution in [0.25, 0.3) is 0 Å². The topological polar surface area (TPSA) is 35.5 Å². The highest BCUT2D eigenvalue weighted by Crippen LogP contribution is 2.20. The Kier molecular flexibility index (Phi) is 5.53. The van der Waals surface area contributed by atoms with Crippen LogP contribution in [0, 0.1) is 0 Å². The largest absolute Gasteiger partial charge is 0.490 e. The molecule has 1 unspecified atom stereocenters. The molecule has 1 atom stereocenters. The number of benzene rings is 1. The first-order valence-electron chi connectivity index (χ1n) is 6.07. The first-order chi connectivity index (χ1) is 8.17. The van der Waals surface area contributed by atoms with Gasteiger partial charge in [0, 0.05) is 5.56 Å². The summed E-state index contributed by atoms with van der Waals surface area (Å²) >= 11 is 0. The molecule has 0 bridgehead atoms. The van der Waals surface area contributed by atoms with Crippen LogP contribution in [0.1, 0.15) is 32.8 Å². The lowest BCUT2D eigenvalue weighted by molar-refractivity contribution is -0.142. The molecule has 3 heteroatoms. The van der Waals surface area contributed by atoms with Crippen LogP contribution in [0.15, 0.2) is 24.3 Å². The fraction of sp³-hybridized carbons (Fsp3) is 0.500. The average Bonchev–Trinajstić information content (AvgIpc) is 2.31. The van der Waals surface area contributed by atoms with Gasteiger partial charge in [0.05, 0.1) is 19.1 Å². The van der Waals surface area contributed by atoms with Crippen LogP contribution in [-0.2, 0) is 16.0 Å². The number of para-hydroxylation sites is 1. The summed E-state index contributed by atoms with van der Waals surface area (Å²) in [6.07, 6.45) is 1.35. The van der Waals surface area contributed by atoms with E-state index in [0.29, 0.717) is 6.61 Å². The van der Waals surface area contributed by atoms with Gasteiger partial charge in [-0.25, -0.2) is 0 Å². The summed E-state index contributed by atoms with van der Waals surface area (Å²) in [7, 11) is 0. The molecule has 0 saturated carbocycles. The van der Waals surface area contributed by atoms with Gasteiger partial charge in [-0.2, -0.15) is 0 Å². The SMILES string of the molecule is CCOC(=O)Cc1ccccc1OC(C)CC. The molecule has 0 N–H and O–H groups in total. The minimum absolute atomic E-state index is 0.151. The van der Waals surface area contributed by atoms with Gasteiger partial charge in [-0.3, -0.25) is 4.79 Å². The summed E-state index contributed by atoms with van der Waals surface area (Å²) in [5.74, 6) is 0.558. The Morgan fingerprint density at radius 1 is 1.29 bits per heavy atom. The molecule has 0 spiro atoms. The van der Waals surface area contributed by atoms with Gasteiger partial charge >= 0.3 is 5.97 Å². The van der Waals surface area contributed by atoms with Gasteiger partial charge in [-0.05, 0) is 26.3 Å². The van der Waals surface area contributed by atoms with Gasteiger partial charge in [0.15, 0.2) is 0 Å². The average molecular weight is 236 g/mol. The maximum Gasteiger partial charge on any atom is 0.310 e. The maximum atomic E-state index is 11.4. The monoisotopic (exact) mass is 236 g/mol. The lowest BCUT2D eigenvalue weighted by atomic mass is 10.1. The Balaban J connectivity index is 2.73. The fourth-order valence-electron chi connectivity index (χ4n) is 1.43. The Hall–Kier alpha value is -1.51. The van der Waals surface area contributed by atoms with E-state index in [2.05, 4.69) is 6.92 Å². The molecule has 1 aromatic rings.